The zero-order valence-corrected chi connectivity index (χ0v) is 25.7. The Hall–Kier alpha value is -0.580. The molecule has 0 spiro atoms. The number of rotatable bonds is 28. The van der Waals surface area contributed by atoms with E-state index in [1.807, 2.05) is 0 Å². The molecule has 0 bridgehead atoms. The van der Waals surface area contributed by atoms with Gasteiger partial charge in [-0.15, -0.1) is 23.5 Å². The summed E-state index contributed by atoms with van der Waals surface area (Å²) in [4.78, 5) is 0. The van der Waals surface area contributed by atoms with Gasteiger partial charge in [0.25, 0.3) is 0 Å². The molecule has 0 heterocycles. The van der Waals surface area contributed by atoms with Crippen LogP contribution >= 0.6 is 23.5 Å². The predicted molar refractivity (Wildman–Crippen MR) is 165 cm³/mol. The summed E-state index contributed by atoms with van der Waals surface area (Å²) in [5.41, 5.74) is 0.322. The maximum absolute atomic E-state index is 9.35. The fraction of sp³-hybridized carbons (Fsp3) is 0.875. The third-order valence-electron chi connectivity index (χ3n) is 6.89. The molecule has 0 saturated carbocycles. The summed E-state index contributed by atoms with van der Waals surface area (Å²) >= 11 is 3.48. The Labute approximate surface area is 234 Å². The minimum Gasteiger partial charge on any atom is -0.192 e. The highest BCUT2D eigenvalue weighted by atomic mass is 32.2. The molecular formula is C32H58N2S2. The van der Waals surface area contributed by atoms with Crippen molar-refractivity contribution in [1.82, 2.24) is 0 Å². The summed E-state index contributed by atoms with van der Waals surface area (Å²) in [6.07, 6.45) is 32.7. The SMILES string of the molecule is CCCCCCCCCCCCCCSC(SCCCCCCCCCCCCCC)=C(C#N)C#N. The minimum atomic E-state index is 0.322. The Morgan fingerprint density at radius 1 is 0.417 bits per heavy atom. The number of hydrogen-bond donors (Lipinski definition) is 0. The monoisotopic (exact) mass is 534 g/mol. The van der Waals surface area contributed by atoms with E-state index in [9.17, 15) is 10.5 Å². The lowest BCUT2D eigenvalue weighted by Crippen LogP contribution is -1.89. The minimum absolute atomic E-state index is 0.322. The Kier molecular flexibility index (Phi) is 30.1. The van der Waals surface area contributed by atoms with E-state index in [2.05, 4.69) is 26.0 Å². The molecule has 0 unspecified atom stereocenters. The molecule has 4 heteroatoms. The molecule has 0 amide bonds. The van der Waals surface area contributed by atoms with Crippen LogP contribution in [0, 0.1) is 22.7 Å². The maximum atomic E-state index is 9.35. The molecule has 0 aliphatic rings. The molecule has 208 valence electrons. The van der Waals surface area contributed by atoms with Gasteiger partial charge in [0.15, 0.2) is 0 Å². The van der Waals surface area contributed by atoms with Crippen molar-refractivity contribution < 1.29 is 0 Å². The molecular weight excluding hydrogens is 477 g/mol. The van der Waals surface area contributed by atoms with Crippen LogP contribution in [0.1, 0.15) is 168 Å². The highest BCUT2D eigenvalue weighted by Crippen LogP contribution is 2.33. The fourth-order valence-corrected chi connectivity index (χ4v) is 6.89. The zero-order valence-electron chi connectivity index (χ0n) is 24.1. The molecule has 0 aromatic heterocycles. The smallest absolute Gasteiger partial charge is 0.149 e. The van der Waals surface area contributed by atoms with Gasteiger partial charge in [-0.3, -0.25) is 0 Å². The van der Waals surface area contributed by atoms with E-state index in [1.165, 1.54) is 154 Å². The van der Waals surface area contributed by atoms with Crippen LogP contribution in [-0.2, 0) is 0 Å². The Balaban J connectivity index is 3.72. The summed E-state index contributed by atoms with van der Waals surface area (Å²) in [6, 6.07) is 4.24. The highest BCUT2D eigenvalue weighted by molar-refractivity contribution is 8.22. The number of thioether (sulfide) groups is 2. The van der Waals surface area contributed by atoms with Gasteiger partial charge >= 0.3 is 0 Å². The molecule has 0 rings (SSSR count). The molecule has 0 aliphatic carbocycles. The van der Waals surface area contributed by atoms with Crippen molar-refractivity contribution in [3.63, 3.8) is 0 Å². The highest BCUT2D eigenvalue weighted by Gasteiger charge is 2.08. The van der Waals surface area contributed by atoms with Crippen LogP contribution in [0.3, 0.4) is 0 Å². The summed E-state index contributed by atoms with van der Waals surface area (Å²) in [7, 11) is 0. The molecule has 0 N–H and O–H groups in total. The van der Waals surface area contributed by atoms with Gasteiger partial charge in [0.2, 0.25) is 0 Å². The molecule has 0 radical (unpaired) electrons. The van der Waals surface area contributed by atoms with Gasteiger partial charge in [0.05, 0.1) is 4.24 Å². The van der Waals surface area contributed by atoms with Crippen molar-refractivity contribution >= 4 is 23.5 Å². The van der Waals surface area contributed by atoms with Crippen LogP contribution in [0.4, 0.5) is 0 Å². The van der Waals surface area contributed by atoms with E-state index >= 15 is 0 Å². The van der Waals surface area contributed by atoms with E-state index in [1.54, 1.807) is 23.5 Å². The molecule has 0 saturated heterocycles. The van der Waals surface area contributed by atoms with Crippen LogP contribution < -0.4 is 0 Å². The molecule has 2 nitrogen and oxygen atoms in total. The van der Waals surface area contributed by atoms with Gasteiger partial charge in [0.1, 0.15) is 17.7 Å². The van der Waals surface area contributed by atoms with Gasteiger partial charge in [-0.05, 0) is 24.3 Å². The molecule has 36 heavy (non-hydrogen) atoms. The third-order valence-corrected chi connectivity index (χ3v) is 9.52. The molecule has 0 atom stereocenters. The van der Waals surface area contributed by atoms with Gasteiger partial charge in [-0.1, -0.05) is 155 Å². The first-order valence-electron chi connectivity index (χ1n) is 15.6. The van der Waals surface area contributed by atoms with Crippen molar-refractivity contribution in [1.29, 1.82) is 10.5 Å². The summed E-state index contributed by atoms with van der Waals surface area (Å²) in [5.74, 6) is 2.07. The van der Waals surface area contributed by atoms with Crippen LogP contribution in [0.2, 0.25) is 0 Å². The van der Waals surface area contributed by atoms with E-state index in [0.29, 0.717) is 5.57 Å². The van der Waals surface area contributed by atoms with Gasteiger partial charge in [-0.2, -0.15) is 10.5 Å². The second-order valence-electron chi connectivity index (χ2n) is 10.4. The summed E-state index contributed by atoms with van der Waals surface area (Å²) < 4.78 is 0.964. The van der Waals surface area contributed by atoms with Crippen molar-refractivity contribution in [2.24, 2.45) is 0 Å². The van der Waals surface area contributed by atoms with Gasteiger partial charge < -0.3 is 0 Å². The second-order valence-corrected chi connectivity index (χ2v) is 12.8. The third kappa shape index (κ3) is 25.1. The normalized spacial score (nSPS) is 10.8. The number of hydrogen-bond acceptors (Lipinski definition) is 4. The maximum Gasteiger partial charge on any atom is 0.149 e. The zero-order chi connectivity index (χ0) is 26.4. The quantitative estimate of drug-likeness (QED) is 0.0739. The Bertz CT molecular complexity index is 526. The molecule has 0 aromatic carbocycles. The lowest BCUT2D eigenvalue weighted by atomic mass is 10.1. The first-order valence-corrected chi connectivity index (χ1v) is 17.6. The number of nitriles is 2. The van der Waals surface area contributed by atoms with Crippen molar-refractivity contribution in [2.45, 2.75) is 168 Å². The van der Waals surface area contributed by atoms with Gasteiger partial charge in [-0.25, -0.2) is 0 Å². The lowest BCUT2D eigenvalue weighted by molar-refractivity contribution is 0.548. The van der Waals surface area contributed by atoms with Crippen molar-refractivity contribution in [2.75, 3.05) is 11.5 Å². The number of nitrogens with zero attached hydrogens (tertiary/aromatic N) is 2. The second kappa shape index (κ2) is 30.6. The fourth-order valence-electron chi connectivity index (χ4n) is 4.52. The van der Waals surface area contributed by atoms with Crippen LogP contribution in [0.15, 0.2) is 9.81 Å². The van der Waals surface area contributed by atoms with E-state index in [4.69, 9.17) is 0 Å². The molecule has 0 aliphatic heterocycles. The number of unbranched alkanes of at least 4 members (excludes halogenated alkanes) is 22. The van der Waals surface area contributed by atoms with E-state index in [0.717, 1.165) is 15.7 Å². The first kappa shape index (κ1) is 35.4. The average molecular weight is 535 g/mol. The summed E-state index contributed by atoms with van der Waals surface area (Å²) in [6.45, 7) is 4.56. The number of allylic oxidation sites excluding steroid dienone is 1. The average Bonchev–Trinajstić information content (AvgIpc) is 2.89. The van der Waals surface area contributed by atoms with Gasteiger partial charge in [0, 0.05) is 0 Å². The van der Waals surface area contributed by atoms with Crippen LogP contribution in [0.25, 0.3) is 0 Å². The standard InChI is InChI=1S/C32H58N2S2/c1-3-5-7-9-11-13-15-17-19-21-23-25-27-35-32(31(29-33)30-34)36-28-26-24-22-20-18-16-14-12-10-8-6-4-2/h3-28H2,1-2H3. The first-order chi connectivity index (χ1) is 17.8. The topological polar surface area (TPSA) is 47.6 Å². The lowest BCUT2D eigenvalue weighted by Gasteiger charge is -2.08. The van der Waals surface area contributed by atoms with Crippen molar-refractivity contribution in [3.8, 4) is 12.1 Å². The summed E-state index contributed by atoms with van der Waals surface area (Å²) in [5, 5.41) is 18.7. The largest absolute Gasteiger partial charge is 0.192 e. The Morgan fingerprint density at radius 2 is 0.667 bits per heavy atom. The van der Waals surface area contributed by atoms with E-state index < -0.39 is 0 Å². The van der Waals surface area contributed by atoms with Crippen molar-refractivity contribution in [3.05, 3.63) is 9.81 Å². The van der Waals surface area contributed by atoms with Crippen LogP contribution in [-0.4, -0.2) is 11.5 Å². The molecule has 0 fully saturated rings. The Morgan fingerprint density at radius 3 is 0.917 bits per heavy atom. The molecule has 0 aromatic rings. The predicted octanol–water partition coefficient (Wildman–Crippen LogP) is 12.1. The van der Waals surface area contributed by atoms with E-state index in [-0.39, 0.29) is 0 Å². The van der Waals surface area contributed by atoms with Crippen LogP contribution in [0.5, 0.6) is 0 Å².